The van der Waals surface area contributed by atoms with Gasteiger partial charge in [-0.05, 0) is 18.9 Å². The summed E-state index contributed by atoms with van der Waals surface area (Å²) < 4.78 is 0. The molecule has 4 heteroatoms. The largest absolute Gasteiger partial charge is 0.396 e. The molecule has 15 heavy (non-hydrogen) atoms. The molecule has 0 unspecified atom stereocenters. The number of aliphatic hydroxyl groups excluding tert-OH is 1. The summed E-state index contributed by atoms with van der Waals surface area (Å²) in [4.78, 5) is 8.16. The first kappa shape index (κ1) is 11.9. The van der Waals surface area contributed by atoms with Gasteiger partial charge in [0.2, 0.25) is 5.95 Å². The van der Waals surface area contributed by atoms with Gasteiger partial charge in [0.25, 0.3) is 0 Å². The van der Waals surface area contributed by atoms with Gasteiger partial charge in [0, 0.05) is 24.4 Å². The Balaban J connectivity index is 2.54. The predicted octanol–water partition coefficient (Wildman–Crippen LogP) is 1.69. The Bertz CT molecular complexity index is 264. The van der Waals surface area contributed by atoms with Crippen LogP contribution in [0.2, 0.25) is 0 Å². The summed E-state index contributed by atoms with van der Waals surface area (Å²) in [7, 11) is 0. The molecule has 0 bridgehead atoms. The van der Waals surface area contributed by atoms with Gasteiger partial charge in [0.15, 0.2) is 0 Å². The van der Waals surface area contributed by atoms with Crippen molar-refractivity contribution in [2.24, 2.45) is 5.41 Å². The number of nitrogens with one attached hydrogen (secondary N) is 1. The van der Waals surface area contributed by atoms with Gasteiger partial charge in [0.1, 0.15) is 0 Å². The fourth-order valence-corrected chi connectivity index (χ4v) is 1.44. The number of hydrogen-bond donors (Lipinski definition) is 2. The Morgan fingerprint density at radius 3 is 2.33 bits per heavy atom. The van der Waals surface area contributed by atoms with Crippen LogP contribution in [0.15, 0.2) is 18.5 Å². The van der Waals surface area contributed by atoms with E-state index < -0.39 is 0 Å². The van der Waals surface area contributed by atoms with Crippen molar-refractivity contribution in [1.29, 1.82) is 0 Å². The third-order valence-corrected chi connectivity index (χ3v) is 3.02. The van der Waals surface area contributed by atoms with Crippen LogP contribution in [0.5, 0.6) is 0 Å². The fourth-order valence-electron chi connectivity index (χ4n) is 1.44. The zero-order valence-electron chi connectivity index (χ0n) is 9.40. The van der Waals surface area contributed by atoms with Crippen LogP contribution in [0, 0.1) is 5.41 Å². The van der Waals surface area contributed by atoms with E-state index in [9.17, 15) is 5.11 Å². The maximum atomic E-state index is 9.37. The molecule has 0 atom stereocenters. The van der Waals surface area contributed by atoms with E-state index in [1.165, 1.54) is 0 Å². The summed E-state index contributed by atoms with van der Waals surface area (Å²) in [5, 5.41) is 12.5. The lowest BCUT2D eigenvalue weighted by atomic mass is 9.83. The van der Waals surface area contributed by atoms with Crippen LogP contribution in [0.4, 0.5) is 5.95 Å². The van der Waals surface area contributed by atoms with Crippen molar-refractivity contribution >= 4 is 5.95 Å². The standard InChI is InChI=1S/C11H19N3O/c1-3-11(4-2,9-15)8-14-10-12-6-5-7-13-10/h5-7,15H,3-4,8-9H2,1-2H3,(H,12,13,14). The molecule has 0 fully saturated rings. The Hall–Kier alpha value is -1.16. The lowest BCUT2D eigenvalue weighted by molar-refractivity contribution is 0.127. The van der Waals surface area contributed by atoms with Crippen molar-refractivity contribution in [1.82, 2.24) is 9.97 Å². The molecule has 0 aliphatic rings. The molecule has 0 radical (unpaired) electrons. The second-order valence-electron chi connectivity index (χ2n) is 3.79. The lowest BCUT2D eigenvalue weighted by Crippen LogP contribution is -2.32. The Kier molecular flexibility index (Phi) is 4.49. The van der Waals surface area contributed by atoms with E-state index in [4.69, 9.17) is 0 Å². The molecule has 1 heterocycles. The van der Waals surface area contributed by atoms with Gasteiger partial charge in [-0.25, -0.2) is 9.97 Å². The minimum Gasteiger partial charge on any atom is -0.396 e. The van der Waals surface area contributed by atoms with Crippen molar-refractivity contribution in [3.05, 3.63) is 18.5 Å². The summed E-state index contributed by atoms with van der Waals surface area (Å²) in [6, 6.07) is 1.78. The highest BCUT2D eigenvalue weighted by molar-refractivity contribution is 5.22. The highest BCUT2D eigenvalue weighted by Crippen LogP contribution is 2.25. The molecule has 0 saturated carbocycles. The van der Waals surface area contributed by atoms with Crippen molar-refractivity contribution in [3.63, 3.8) is 0 Å². The fraction of sp³-hybridized carbons (Fsp3) is 0.636. The van der Waals surface area contributed by atoms with Crippen LogP contribution in [0.25, 0.3) is 0 Å². The first-order chi connectivity index (χ1) is 7.26. The van der Waals surface area contributed by atoms with Gasteiger partial charge in [-0.3, -0.25) is 0 Å². The van der Waals surface area contributed by atoms with E-state index >= 15 is 0 Å². The minimum atomic E-state index is -0.0563. The highest BCUT2D eigenvalue weighted by atomic mass is 16.3. The van der Waals surface area contributed by atoms with Crippen LogP contribution in [0.1, 0.15) is 26.7 Å². The zero-order valence-corrected chi connectivity index (χ0v) is 9.40. The molecule has 84 valence electrons. The monoisotopic (exact) mass is 209 g/mol. The number of anilines is 1. The molecule has 0 spiro atoms. The minimum absolute atomic E-state index is 0.0563. The first-order valence-electron chi connectivity index (χ1n) is 5.38. The zero-order chi connectivity index (χ0) is 11.1. The van der Waals surface area contributed by atoms with E-state index in [1.54, 1.807) is 18.5 Å². The third kappa shape index (κ3) is 3.16. The molecular weight excluding hydrogens is 190 g/mol. The van der Waals surface area contributed by atoms with Crippen LogP contribution < -0.4 is 5.32 Å². The van der Waals surface area contributed by atoms with Gasteiger partial charge < -0.3 is 10.4 Å². The Morgan fingerprint density at radius 1 is 1.27 bits per heavy atom. The predicted molar refractivity (Wildman–Crippen MR) is 60.6 cm³/mol. The van der Waals surface area contributed by atoms with Crippen LogP contribution in [0.3, 0.4) is 0 Å². The van der Waals surface area contributed by atoms with Crippen molar-refractivity contribution in [3.8, 4) is 0 Å². The summed E-state index contributed by atoms with van der Waals surface area (Å²) in [6.07, 6.45) is 5.29. The van der Waals surface area contributed by atoms with Crippen LogP contribution in [-0.4, -0.2) is 28.2 Å². The summed E-state index contributed by atoms with van der Waals surface area (Å²) >= 11 is 0. The average molecular weight is 209 g/mol. The van der Waals surface area contributed by atoms with E-state index in [2.05, 4.69) is 29.1 Å². The molecular formula is C11H19N3O. The second-order valence-corrected chi connectivity index (χ2v) is 3.79. The molecule has 4 nitrogen and oxygen atoms in total. The summed E-state index contributed by atoms with van der Waals surface area (Å²) in [5.74, 6) is 0.622. The van der Waals surface area contributed by atoms with Crippen molar-refractivity contribution in [2.75, 3.05) is 18.5 Å². The highest BCUT2D eigenvalue weighted by Gasteiger charge is 2.25. The number of aromatic nitrogens is 2. The molecule has 2 N–H and O–H groups in total. The maximum Gasteiger partial charge on any atom is 0.222 e. The van der Waals surface area contributed by atoms with Crippen molar-refractivity contribution < 1.29 is 5.11 Å². The van der Waals surface area contributed by atoms with Crippen LogP contribution in [-0.2, 0) is 0 Å². The van der Waals surface area contributed by atoms with Gasteiger partial charge in [-0.2, -0.15) is 0 Å². The van der Waals surface area contributed by atoms with E-state index in [1.807, 2.05) is 0 Å². The summed E-state index contributed by atoms with van der Waals surface area (Å²) in [5.41, 5.74) is -0.0563. The topological polar surface area (TPSA) is 58.0 Å². The SMILES string of the molecule is CCC(CC)(CO)CNc1ncccn1. The van der Waals surface area contributed by atoms with E-state index in [-0.39, 0.29) is 12.0 Å². The smallest absolute Gasteiger partial charge is 0.222 e. The molecule has 0 aliphatic heterocycles. The Labute approximate surface area is 90.8 Å². The number of rotatable bonds is 6. The molecule has 0 aliphatic carbocycles. The van der Waals surface area contributed by atoms with Gasteiger partial charge >= 0.3 is 0 Å². The molecule has 1 aromatic rings. The van der Waals surface area contributed by atoms with Crippen LogP contribution >= 0.6 is 0 Å². The normalized spacial score (nSPS) is 11.4. The quantitative estimate of drug-likeness (QED) is 0.748. The summed E-state index contributed by atoms with van der Waals surface area (Å²) in [6.45, 7) is 5.08. The third-order valence-electron chi connectivity index (χ3n) is 3.02. The lowest BCUT2D eigenvalue weighted by Gasteiger charge is -2.29. The van der Waals surface area contributed by atoms with Gasteiger partial charge in [-0.1, -0.05) is 13.8 Å². The molecule has 1 rings (SSSR count). The molecule has 0 amide bonds. The van der Waals surface area contributed by atoms with E-state index in [0.717, 1.165) is 12.8 Å². The van der Waals surface area contributed by atoms with E-state index in [0.29, 0.717) is 12.5 Å². The molecule has 0 aromatic carbocycles. The number of aliphatic hydroxyl groups is 1. The molecule has 1 aromatic heterocycles. The van der Waals surface area contributed by atoms with Gasteiger partial charge in [-0.15, -0.1) is 0 Å². The second kappa shape index (κ2) is 5.66. The average Bonchev–Trinajstić information content (AvgIpc) is 2.33. The number of nitrogens with zero attached hydrogens (tertiary/aromatic N) is 2. The maximum absolute atomic E-state index is 9.37. The molecule has 0 saturated heterocycles. The van der Waals surface area contributed by atoms with Crippen molar-refractivity contribution in [2.45, 2.75) is 26.7 Å². The van der Waals surface area contributed by atoms with Gasteiger partial charge in [0.05, 0.1) is 6.61 Å². The number of hydrogen-bond acceptors (Lipinski definition) is 4. The Morgan fingerprint density at radius 2 is 1.87 bits per heavy atom. The first-order valence-corrected chi connectivity index (χ1v) is 5.38.